The molecular weight excluding hydrogens is 374 g/mol. The second-order valence-corrected chi connectivity index (χ2v) is 7.46. The molecule has 3 aromatic carbocycles. The first kappa shape index (κ1) is 19.6. The van der Waals surface area contributed by atoms with E-state index in [1.54, 1.807) is 0 Å². The van der Waals surface area contributed by atoms with Crippen molar-refractivity contribution in [3.63, 3.8) is 0 Å². The molecule has 150 valence electrons. The third kappa shape index (κ3) is 4.63. The fourth-order valence-electron chi connectivity index (χ4n) is 3.51. The number of amides is 1. The van der Waals surface area contributed by atoms with Crippen molar-refractivity contribution in [3.8, 4) is 0 Å². The maximum atomic E-state index is 12.7. The molecule has 1 amide bonds. The van der Waals surface area contributed by atoms with Crippen LogP contribution in [0.25, 0.3) is 10.8 Å². The van der Waals surface area contributed by atoms with Gasteiger partial charge in [-0.15, -0.1) is 0 Å². The maximum absolute atomic E-state index is 12.7. The van der Waals surface area contributed by atoms with Crippen LogP contribution in [0.15, 0.2) is 89.7 Å². The van der Waals surface area contributed by atoms with Gasteiger partial charge in [0.15, 0.2) is 0 Å². The highest BCUT2D eigenvalue weighted by molar-refractivity contribution is 5.92. The van der Waals surface area contributed by atoms with E-state index in [4.69, 9.17) is 0 Å². The van der Waals surface area contributed by atoms with Gasteiger partial charge in [0.05, 0.1) is 6.54 Å². The maximum Gasteiger partial charge on any atom is 0.271 e. The molecule has 1 aromatic heterocycles. The van der Waals surface area contributed by atoms with Gasteiger partial charge < -0.3 is 5.32 Å². The summed E-state index contributed by atoms with van der Waals surface area (Å²) in [5, 5.41) is 9.63. The number of carbonyl (C=O) groups is 1. The van der Waals surface area contributed by atoms with Crippen LogP contribution in [0.2, 0.25) is 0 Å². The van der Waals surface area contributed by atoms with Crippen LogP contribution >= 0.6 is 0 Å². The Bertz CT molecular complexity index is 1230. The third-order valence-electron chi connectivity index (χ3n) is 5.01. The zero-order chi connectivity index (χ0) is 20.9. The van der Waals surface area contributed by atoms with Gasteiger partial charge in [-0.25, -0.2) is 4.68 Å². The molecule has 5 nitrogen and oxygen atoms in total. The Balaban J connectivity index is 1.44. The molecule has 0 radical (unpaired) electrons. The van der Waals surface area contributed by atoms with Crippen molar-refractivity contribution in [1.29, 1.82) is 0 Å². The van der Waals surface area contributed by atoms with Crippen LogP contribution in [0.5, 0.6) is 0 Å². The molecular formula is C25H23N3O2. The Hall–Kier alpha value is -3.73. The van der Waals surface area contributed by atoms with Gasteiger partial charge in [-0.3, -0.25) is 9.59 Å². The SMILES string of the molecule is C[C@H](Cc1ccc2ccccc2c1)NC(=O)c1ccc(=O)n(Cc2ccccc2)n1. The summed E-state index contributed by atoms with van der Waals surface area (Å²) in [4.78, 5) is 24.8. The lowest BCUT2D eigenvalue weighted by Crippen LogP contribution is -2.36. The lowest BCUT2D eigenvalue weighted by atomic mass is 10.0. The molecule has 0 bridgehead atoms. The van der Waals surface area contributed by atoms with Crippen LogP contribution in [0.3, 0.4) is 0 Å². The number of nitrogens with zero attached hydrogens (tertiary/aromatic N) is 2. The zero-order valence-electron chi connectivity index (χ0n) is 16.8. The molecule has 4 aromatic rings. The molecule has 30 heavy (non-hydrogen) atoms. The van der Waals surface area contributed by atoms with Gasteiger partial charge in [0.25, 0.3) is 11.5 Å². The largest absolute Gasteiger partial charge is 0.348 e. The van der Waals surface area contributed by atoms with Crippen molar-refractivity contribution in [3.05, 3.63) is 112 Å². The number of aromatic nitrogens is 2. The van der Waals surface area contributed by atoms with Crippen LogP contribution in [0.1, 0.15) is 28.5 Å². The minimum atomic E-state index is -0.287. The highest BCUT2D eigenvalue weighted by atomic mass is 16.2. The molecule has 0 saturated heterocycles. The molecule has 1 atom stereocenters. The Labute approximate surface area is 175 Å². The summed E-state index contributed by atoms with van der Waals surface area (Å²) < 4.78 is 1.32. The number of nitrogens with one attached hydrogen (secondary N) is 1. The van der Waals surface area contributed by atoms with E-state index in [9.17, 15) is 9.59 Å². The third-order valence-corrected chi connectivity index (χ3v) is 5.01. The standard InChI is InChI=1S/C25H23N3O2/c1-18(15-20-11-12-21-9-5-6-10-22(21)16-20)26-25(30)23-13-14-24(29)28(27-23)17-19-7-3-2-4-8-19/h2-14,16,18H,15,17H2,1H3,(H,26,30)/t18-/m1/s1. The lowest BCUT2D eigenvalue weighted by Gasteiger charge is -2.15. The van der Waals surface area contributed by atoms with Gasteiger partial charge in [0.1, 0.15) is 5.69 Å². The van der Waals surface area contributed by atoms with Crippen LogP contribution in [0.4, 0.5) is 0 Å². The van der Waals surface area contributed by atoms with Crippen molar-refractivity contribution in [2.75, 3.05) is 0 Å². The van der Waals surface area contributed by atoms with Crippen molar-refractivity contribution >= 4 is 16.7 Å². The van der Waals surface area contributed by atoms with Crippen LogP contribution < -0.4 is 10.9 Å². The molecule has 0 unspecified atom stereocenters. The van der Waals surface area contributed by atoms with Gasteiger partial charge in [-0.2, -0.15) is 5.10 Å². The minimum Gasteiger partial charge on any atom is -0.348 e. The van der Waals surface area contributed by atoms with Crippen molar-refractivity contribution in [2.45, 2.75) is 25.9 Å². The fraction of sp³-hybridized carbons (Fsp3) is 0.160. The van der Waals surface area contributed by atoms with Gasteiger partial charge >= 0.3 is 0 Å². The normalized spacial score (nSPS) is 11.9. The van der Waals surface area contributed by atoms with Gasteiger partial charge in [0, 0.05) is 12.1 Å². The Kier molecular flexibility index (Phi) is 5.70. The Morgan fingerprint density at radius 1 is 0.900 bits per heavy atom. The van der Waals surface area contributed by atoms with E-state index >= 15 is 0 Å². The summed E-state index contributed by atoms with van der Waals surface area (Å²) in [5.74, 6) is -0.287. The quantitative estimate of drug-likeness (QED) is 0.538. The van der Waals surface area contributed by atoms with E-state index in [-0.39, 0.29) is 23.2 Å². The van der Waals surface area contributed by atoms with E-state index in [1.807, 2.05) is 49.4 Å². The fourth-order valence-corrected chi connectivity index (χ4v) is 3.51. The van der Waals surface area contributed by atoms with Gasteiger partial charge in [-0.05, 0) is 41.3 Å². The second kappa shape index (κ2) is 8.74. The average molecular weight is 397 g/mol. The summed E-state index contributed by atoms with van der Waals surface area (Å²) in [7, 11) is 0. The monoisotopic (exact) mass is 397 g/mol. The molecule has 1 N–H and O–H groups in total. The molecule has 0 aliphatic carbocycles. The van der Waals surface area contributed by atoms with Crippen molar-refractivity contribution < 1.29 is 4.79 Å². The summed E-state index contributed by atoms with van der Waals surface area (Å²) in [6.07, 6.45) is 0.709. The number of fused-ring (bicyclic) bond motifs is 1. The van der Waals surface area contributed by atoms with Gasteiger partial charge in [-0.1, -0.05) is 72.8 Å². The molecule has 5 heteroatoms. The second-order valence-electron chi connectivity index (χ2n) is 7.46. The van der Waals surface area contributed by atoms with E-state index in [2.05, 4.69) is 40.7 Å². The number of hydrogen-bond acceptors (Lipinski definition) is 3. The van der Waals surface area contributed by atoms with Crippen LogP contribution in [-0.2, 0) is 13.0 Å². The molecule has 0 spiro atoms. The summed E-state index contributed by atoms with van der Waals surface area (Å²) in [6, 6.07) is 26.9. The number of hydrogen-bond donors (Lipinski definition) is 1. The smallest absolute Gasteiger partial charge is 0.271 e. The van der Waals surface area contributed by atoms with Crippen LogP contribution in [-0.4, -0.2) is 21.7 Å². The van der Waals surface area contributed by atoms with E-state index in [0.717, 1.165) is 11.1 Å². The van der Waals surface area contributed by atoms with E-state index in [0.29, 0.717) is 13.0 Å². The molecule has 0 fully saturated rings. The average Bonchev–Trinajstić information content (AvgIpc) is 2.76. The van der Waals surface area contributed by atoms with Gasteiger partial charge in [0.2, 0.25) is 0 Å². The first-order valence-electron chi connectivity index (χ1n) is 9.99. The molecule has 0 saturated carbocycles. The number of carbonyl (C=O) groups excluding carboxylic acids is 1. The van der Waals surface area contributed by atoms with E-state index < -0.39 is 0 Å². The summed E-state index contributed by atoms with van der Waals surface area (Å²) in [6.45, 7) is 2.29. The summed E-state index contributed by atoms with van der Waals surface area (Å²) >= 11 is 0. The molecule has 0 aliphatic rings. The predicted octanol–water partition coefficient (Wildman–Crippen LogP) is 3.81. The first-order valence-corrected chi connectivity index (χ1v) is 9.99. The molecule has 0 aliphatic heterocycles. The van der Waals surface area contributed by atoms with Crippen molar-refractivity contribution in [1.82, 2.24) is 15.1 Å². The zero-order valence-corrected chi connectivity index (χ0v) is 16.8. The van der Waals surface area contributed by atoms with E-state index in [1.165, 1.54) is 27.6 Å². The summed E-state index contributed by atoms with van der Waals surface area (Å²) in [5.41, 5.74) is 2.10. The Morgan fingerprint density at radius 3 is 2.43 bits per heavy atom. The Morgan fingerprint density at radius 2 is 1.63 bits per heavy atom. The lowest BCUT2D eigenvalue weighted by molar-refractivity contribution is 0.0932. The topological polar surface area (TPSA) is 64.0 Å². The van der Waals surface area contributed by atoms with Crippen LogP contribution in [0, 0.1) is 0 Å². The highest BCUT2D eigenvalue weighted by Gasteiger charge is 2.13. The number of benzene rings is 3. The predicted molar refractivity (Wildman–Crippen MR) is 119 cm³/mol. The molecule has 4 rings (SSSR count). The molecule has 1 heterocycles. The highest BCUT2D eigenvalue weighted by Crippen LogP contribution is 2.16. The first-order chi connectivity index (χ1) is 14.6. The minimum absolute atomic E-state index is 0.0741. The van der Waals surface area contributed by atoms with Crippen molar-refractivity contribution in [2.24, 2.45) is 0 Å². The number of rotatable bonds is 6.